The first-order valence-corrected chi connectivity index (χ1v) is 9.45. The number of anilines is 2. The van der Waals surface area contributed by atoms with Gasteiger partial charge in [0.05, 0.1) is 28.3 Å². The first kappa shape index (κ1) is 23.2. The van der Waals surface area contributed by atoms with Gasteiger partial charge in [-0.25, -0.2) is 4.39 Å². The van der Waals surface area contributed by atoms with Crippen molar-refractivity contribution in [2.24, 2.45) is 0 Å². The number of hydrogen-bond donors (Lipinski definition) is 0. The molecule has 1 amide bonds. The smallest absolute Gasteiger partial charge is 0.370 e. The van der Waals surface area contributed by atoms with Crippen LogP contribution in [0.2, 0.25) is 5.02 Å². The lowest BCUT2D eigenvalue weighted by atomic mass is 9.95. The maximum atomic E-state index is 13.7. The van der Waals surface area contributed by atoms with Crippen molar-refractivity contribution >= 4 is 28.9 Å². The summed E-state index contributed by atoms with van der Waals surface area (Å²) in [5, 5.41) is -0.868. The van der Waals surface area contributed by atoms with Crippen LogP contribution in [0.5, 0.6) is 0 Å². The Labute approximate surface area is 178 Å². The Bertz CT molecular complexity index is 983. The topological polar surface area (TPSA) is 23.6 Å². The van der Waals surface area contributed by atoms with Crippen LogP contribution in [-0.2, 0) is 23.6 Å². The van der Waals surface area contributed by atoms with Crippen LogP contribution >= 0.6 is 11.6 Å². The molecule has 1 fully saturated rings. The third-order valence-electron chi connectivity index (χ3n) is 5.04. The van der Waals surface area contributed by atoms with E-state index in [0.29, 0.717) is 6.42 Å². The van der Waals surface area contributed by atoms with Crippen LogP contribution < -0.4 is 9.80 Å². The lowest BCUT2D eigenvalue weighted by Gasteiger charge is -2.37. The summed E-state index contributed by atoms with van der Waals surface area (Å²) in [6, 6.07) is 4.61. The van der Waals surface area contributed by atoms with Gasteiger partial charge in [0, 0.05) is 25.8 Å². The minimum absolute atomic E-state index is 0.0495. The predicted octanol–water partition coefficient (Wildman–Crippen LogP) is 5.93. The first-order chi connectivity index (χ1) is 14.3. The summed E-state index contributed by atoms with van der Waals surface area (Å²) >= 11 is 5.93. The quantitative estimate of drug-likeness (QED) is 0.519. The maximum Gasteiger partial charge on any atom is 0.417 e. The highest BCUT2D eigenvalue weighted by Gasteiger charge is 2.43. The van der Waals surface area contributed by atoms with Crippen LogP contribution in [0.3, 0.4) is 0 Å². The molecule has 2 aromatic rings. The van der Waals surface area contributed by atoms with Crippen molar-refractivity contribution in [3.8, 4) is 0 Å². The number of hydrogen-bond acceptors (Lipinski definition) is 2. The largest absolute Gasteiger partial charge is 0.417 e. The number of rotatable bonds is 4. The molecule has 0 aromatic heterocycles. The monoisotopic (exact) mass is 468 g/mol. The molecule has 1 aliphatic heterocycles. The van der Waals surface area contributed by atoms with Gasteiger partial charge >= 0.3 is 12.4 Å². The average molecular weight is 469 g/mol. The molecule has 0 unspecified atom stereocenters. The van der Waals surface area contributed by atoms with Crippen molar-refractivity contribution in [3.63, 3.8) is 0 Å². The van der Waals surface area contributed by atoms with Gasteiger partial charge in [-0.05, 0) is 42.3 Å². The van der Waals surface area contributed by atoms with Crippen molar-refractivity contribution < 1.29 is 35.5 Å². The van der Waals surface area contributed by atoms with Gasteiger partial charge in [0.25, 0.3) is 0 Å². The lowest BCUT2D eigenvalue weighted by Crippen LogP contribution is -2.39. The minimum atomic E-state index is -5.14. The second-order valence-electron chi connectivity index (χ2n) is 7.05. The molecule has 1 saturated heterocycles. The van der Waals surface area contributed by atoms with Gasteiger partial charge in [-0.1, -0.05) is 11.6 Å². The highest BCUT2D eigenvalue weighted by molar-refractivity contribution is 6.34. The average Bonchev–Trinajstić information content (AvgIpc) is 2.60. The van der Waals surface area contributed by atoms with Crippen molar-refractivity contribution in [1.82, 2.24) is 0 Å². The molecular weight excluding hydrogens is 453 g/mol. The lowest BCUT2D eigenvalue weighted by molar-refractivity contribution is -0.143. The summed E-state index contributed by atoms with van der Waals surface area (Å²) in [5.41, 5.74) is -4.01. The van der Waals surface area contributed by atoms with E-state index in [1.54, 1.807) is 0 Å². The molecule has 11 heteroatoms. The fraction of sp³-hybridized carbons (Fsp3) is 0.350. The number of likely N-dealkylation sites (N-methyl/N-ethyl adjacent to an activating group) is 1. The van der Waals surface area contributed by atoms with Gasteiger partial charge in [-0.15, -0.1) is 0 Å². The number of carbonyl (C=O) groups is 1. The van der Waals surface area contributed by atoms with Gasteiger partial charge < -0.3 is 9.80 Å². The molecule has 0 bridgehead atoms. The number of halogens is 8. The van der Waals surface area contributed by atoms with E-state index in [1.165, 1.54) is 24.1 Å². The standard InChI is InChI=1S/C20H16ClF7N2O/c1-29(12-5-3-11(22)4-6-12)16(31)9-13-14(19(23,24)25)10-15(20(26,27)28)17(21)18(13)30-7-2-8-30/h3-6,10H,2,7-9H2,1H3. The summed E-state index contributed by atoms with van der Waals surface area (Å²) in [6.45, 7) is 0.431. The zero-order valence-electron chi connectivity index (χ0n) is 16.0. The van der Waals surface area contributed by atoms with Gasteiger partial charge in [-0.3, -0.25) is 4.79 Å². The van der Waals surface area contributed by atoms with E-state index in [4.69, 9.17) is 11.6 Å². The summed E-state index contributed by atoms with van der Waals surface area (Å²) in [4.78, 5) is 15.0. The summed E-state index contributed by atoms with van der Waals surface area (Å²) in [7, 11) is 1.28. The SMILES string of the molecule is CN(C(=O)Cc1c(C(F)(F)F)cc(C(F)(F)F)c(Cl)c1N1CCC1)c1ccc(F)cc1. The van der Waals surface area contributed by atoms with Crippen LogP contribution in [0.15, 0.2) is 30.3 Å². The number of nitrogens with zero attached hydrogens (tertiary/aromatic N) is 2. The molecular formula is C20H16ClF7N2O. The van der Waals surface area contributed by atoms with Crippen LogP contribution in [0.25, 0.3) is 0 Å². The van der Waals surface area contributed by atoms with Crippen molar-refractivity contribution in [3.05, 3.63) is 57.9 Å². The molecule has 3 rings (SSSR count). The third kappa shape index (κ3) is 4.73. The Morgan fingerprint density at radius 2 is 1.58 bits per heavy atom. The fourth-order valence-electron chi connectivity index (χ4n) is 3.27. The summed E-state index contributed by atoms with van der Waals surface area (Å²) in [6.07, 6.45) is -10.5. The number of carbonyl (C=O) groups excluding carboxylic acids is 1. The second kappa shape index (κ2) is 8.22. The normalized spacial score (nSPS) is 14.4. The van der Waals surface area contributed by atoms with Crippen molar-refractivity contribution in [2.75, 3.05) is 29.9 Å². The third-order valence-corrected chi connectivity index (χ3v) is 5.43. The molecule has 1 heterocycles. The van der Waals surface area contributed by atoms with E-state index in [-0.39, 0.29) is 24.8 Å². The molecule has 168 valence electrons. The number of benzene rings is 2. The van der Waals surface area contributed by atoms with Gasteiger partial charge in [0.1, 0.15) is 5.82 Å². The molecule has 31 heavy (non-hydrogen) atoms. The Kier molecular flexibility index (Phi) is 6.14. The Hall–Kier alpha value is -2.49. The number of alkyl halides is 6. The van der Waals surface area contributed by atoms with Gasteiger partial charge in [0.15, 0.2) is 0 Å². The molecule has 3 nitrogen and oxygen atoms in total. The molecule has 2 aromatic carbocycles. The van der Waals surface area contributed by atoms with E-state index in [2.05, 4.69) is 0 Å². The summed E-state index contributed by atoms with van der Waals surface area (Å²) < 4.78 is 94.5. The van der Waals surface area contributed by atoms with Crippen LogP contribution in [0, 0.1) is 5.82 Å². The van der Waals surface area contributed by atoms with E-state index in [1.807, 2.05) is 0 Å². The van der Waals surface area contributed by atoms with E-state index in [0.717, 1.165) is 17.0 Å². The number of amides is 1. The highest BCUT2D eigenvalue weighted by atomic mass is 35.5. The van der Waals surface area contributed by atoms with Crippen LogP contribution in [0.1, 0.15) is 23.1 Å². The fourth-order valence-corrected chi connectivity index (χ4v) is 3.66. The van der Waals surface area contributed by atoms with Crippen LogP contribution in [-0.4, -0.2) is 26.0 Å². The molecule has 0 saturated carbocycles. The molecule has 0 N–H and O–H groups in total. The van der Waals surface area contributed by atoms with Gasteiger partial charge in [0.2, 0.25) is 5.91 Å². The maximum absolute atomic E-state index is 13.7. The Morgan fingerprint density at radius 1 is 1.03 bits per heavy atom. The molecule has 0 atom stereocenters. The van der Waals surface area contributed by atoms with E-state index in [9.17, 15) is 35.5 Å². The Morgan fingerprint density at radius 3 is 2.03 bits per heavy atom. The molecule has 0 spiro atoms. The summed E-state index contributed by atoms with van der Waals surface area (Å²) in [5.74, 6) is -1.40. The van der Waals surface area contributed by atoms with Crippen LogP contribution in [0.4, 0.5) is 42.1 Å². The van der Waals surface area contributed by atoms with Crippen molar-refractivity contribution in [2.45, 2.75) is 25.2 Å². The Balaban J connectivity index is 2.12. The predicted molar refractivity (Wildman–Crippen MR) is 102 cm³/mol. The van der Waals surface area contributed by atoms with Crippen molar-refractivity contribution in [1.29, 1.82) is 0 Å². The molecule has 0 radical (unpaired) electrons. The van der Waals surface area contributed by atoms with E-state index < -0.39 is 57.9 Å². The molecule has 1 aliphatic rings. The van der Waals surface area contributed by atoms with Gasteiger partial charge in [-0.2, -0.15) is 26.3 Å². The first-order valence-electron chi connectivity index (χ1n) is 9.07. The highest BCUT2D eigenvalue weighted by Crippen LogP contribution is 2.48. The zero-order chi connectivity index (χ0) is 23.1. The van der Waals surface area contributed by atoms with E-state index >= 15 is 0 Å². The zero-order valence-corrected chi connectivity index (χ0v) is 16.8. The molecule has 0 aliphatic carbocycles. The second-order valence-corrected chi connectivity index (χ2v) is 7.43. The minimum Gasteiger partial charge on any atom is -0.370 e.